The number of phenolic OH excluding ortho intramolecular Hbond substituents is 1. The second kappa shape index (κ2) is 11.0. The van der Waals surface area contributed by atoms with Gasteiger partial charge in [0.25, 0.3) is 0 Å². The second-order valence-corrected chi connectivity index (χ2v) is 8.19. The Labute approximate surface area is 175 Å². The van der Waals surface area contributed by atoms with E-state index in [0.29, 0.717) is 11.6 Å². The molecule has 4 nitrogen and oxygen atoms in total. The largest absolute Gasteiger partial charge is 0.506 e. The van der Waals surface area contributed by atoms with Gasteiger partial charge >= 0.3 is 0 Å². The summed E-state index contributed by atoms with van der Waals surface area (Å²) in [4.78, 5) is 1.56. The molecule has 1 N–H and O–H groups in total. The number of aromatic nitrogens is 3. The molecule has 4 heteroatoms. The Morgan fingerprint density at radius 3 is 2.17 bits per heavy atom. The van der Waals surface area contributed by atoms with Crippen LogP contribution in [-0.4, -0.2) is 20.1 Å². The lowest BCUT2D eigenvalue weighted by Gasteiger charge is -2.16. The first-order valence-electron chi connectivity index (χ1n) is 11.4. The van der Waals surface area contributed by atoms with Crippen LogP contribution in [0.1, 0.15) is 77.2 Å². The van der Waals surface area contributed by atoms with Crippen LogP contribution in [0, 0.1) is 5.92 Å². The van der Waals surface area contributed by atoms with Crippen LogP contribution >= 0.6 is 0 Å². The summed E-state index contributed by atoms with van der Waals surface area (Å²) < 4.78 is 0. The SMILES string of the molecule is CCCCCCCCCC(CC)Cc1ccc(O)c(-n2nc3ccccc3n2)c1. The zero-order valence-corrected chi connectivity index (χ0v) is 18.0. The maximum Gasteiger partial charge on any atom is 0.143 e. The third-order valence-electron chi connectivity index (χ3n) is 5.86. The van der Waals surface area contributed by atoms with Crippen molar-refractivity contribution >= 4 is 11.0 Å². The fraction of sp³-hybridized carbons (Fsp3) is 0.520. The Hall–Kier alpha value is -2.36. The molecule has 0 saturated heterocycles. The summed E-state index contributed by atoms with van der Waals surface area (Å²) in [5.41, 5.74) is 3.57. The zero-order valence-electron chi connectivity index (χ0n) is 18.0. The summed E-state index contributed by atoms with van der Waals surface area (Å²) in [6.07, 6.45) is 13.0. The molecule has 0 radical (unpaired) electrons. The van der Waals surface area contributed by atoms with Crippen molar-refractivity contribution < 1.29 is 5.11 Å². The Morgan fingerprint density at radius 2 is 1.52 bits per heavy atom. The number of hydrogen-bond donors (Lipinski definition) is 1. The number of phenols is 1. The lowest BCUT2D eigenvalue weighted by atomic mass is 9.91. The predicted molar refractivity (Wildman–Crippen MR) is 121 cm³/mol. The molecule has 0 saturated carbocycles. The normalized spacial score (nSPS) is 12.5. The first-order valence-corrected chi connectivity index (χ1v) is 11.4. The molecule has 1 unspecified atom stereocenters. The first-order chi connectivity index (χ1) is 14.2. The molecule has 2 aromatic carbocycles. The third kappa shape index (κ3) is 6.06. The molecule has 0 bridgehead atoms. The van der Waals surface area contributed by atoms with Crippen molar-refractivity contribution in [3.8, 4) is 11.4 Å². The summed E-state index contributed by atoms with van der Waals surface area (Å²) >= 11 is 0. The molecule has 0 amide bonds. The van der Waals surface area contributed by atoms with Crippen molar-refractivity contribution in [2.45, 2.75) is 78.1 Å². The average molecular weight is 394 g/mol. The van der Waals surface area contributed by atoms with Crippen molar-refractivity contribution in [1.29, 1.82) is 0 Å². The van der Waals surface area contributed by atoms with E-state index in [0.717, 1.165) is 17.5 Å². The van der Waals surface area contributed by atoms with Gasteiger partial charge in [0.15, 0.2) is 0 Å². The number of unbranched alkanes of at least 4 members (excludes halogenated alkanes) is 6. The molecular formula is C25H35N3O. The van der Waals surface area contributed by atoms with Gasteiger partial charge in [-0.15, -0.1) is 15.0 Å². The molecule has 0 fully saturated rings. The smallest absolute Gasteiger partial charge is 0.143 e. The number of nitrogens with zero attached hydrogens (tertiary/aromatic N) is 3. The van der Waals surface area contributed by atoms with E-state index in [4.69, 9.17) is 0 Å². The molecule has 1 aromatic heterocycles. The average Bonchev–Trinajstić information content (AvgIpc) is 3.17. The maximum absolute atomic E-state index is 10.4. The van der Waals surface area contributed by atoms with Crippen LogP contribution in [-0.2, 0) is 6.42 Å². The lowest BCUT2D eigenvalue weighted by molar-refractivity contribution is 0.434. The zero-order chi connectivity index (χ0) is 20.5. The van der Waals surface area contributed by atoms with Crippen LogP contribution in [0.4, 0.5) is 0 Å². The summed E-state index contributed by atoms with van der Waals surface area (Å²) in [6.45, 7) is 4.56. The van der Waals surface area contributed by atoms with Gasteiger partial charge in [0.2, 0.25) is 0 Å². The van der Waals surface area contributed by atoms with Crippen LogP contribution in [0.15, 0.2) is 42.5 Å². The summed E-state index contributed by atoms with van der Waals surface area (Å²) in [6, 6.07) is 13.6. The summed E-state index contributed by atoms with van der Waals surface area (Å²) in [5.74, 6) is 0.905. The van der Waals surface area contributed by atoms with Gasteiger partial charge in [-0.2, -0.15) is 0 Å². The van der Waals surface area contributed by atoms with E-state index in [1.54, 1.807) is 10.9 Å². The van der Waals surface area contributed by atoms with Gasteiger partial charge in [-0.3, -0.25) is 0 Å². The molecule has 1 atom stereocenters. The number of hydrogen-bond acceptors (Lipinski definition) is 3. The number of fused-ring (bicyclic) bond motifs is 1. The fourth-order valence-corrected chi connectivity index (χ4v) is 4.00. The molecule has 0 spiro atoms. The minimum absolute atomic E-state index is 0.217. The van der Waals surface area contributed by atoms with Crippen LogP contribution in [0.2, 0.25) is 0 Å². The Bertz CT molecular complexity index is 854. The van der Waals surface area contributed by atoms with E-state index in [-0.39, 0.29) is 5.75 Å². The van der Waals surface area contributed by atoms with E-state index >= 15 is 0 Å². The molecule has 3 rings (SSSR count). The highest BCUT2D eigenvalue weighted by Gasteiger charge is 2.13. The van der Waals surface area contributed by atoms with Gasteiger partial charge in [0.1, 0.15) is 22.5 Å². The lowest BCUT2D eigenvalue weighted by Crippen LogP contribution is -2.05. The van der Waals surface area contributed by atoms with Crippen molar-refractivity contribution in [2.75, 3.05) is 0 Å². The van der Waals surface area contributed by atoms with Gasteiger partial charge in [-0.05, 0) is 42.2 Å². The van der Waals surface area contributed by atoms with Gasteiger partial charge in [0, 0.05) is 0 Å². The highest BCUT2D eigenvalue weighted by Crippen LogP contribution is 2.26. The second-order valence-electron chi connectivity index (χ2n) is 8.19. The Kier molecular flexibility index (Phi) is 8.09. The topological polar surface area (TPSA) is 50.9 Å². The molecule has 0 aliphatic heterocycles. The van der Waals surface area contributed by atoms with Crippen LogP contribution in [0.25, 0.3) is 16.7 Å². The van der Waals surface area contributed by atoms with Gasteiger partial charge in [-0.1, -0.05) is 89.8 Å². The first kappa shape index (κ1) is 21.4. The van der Waals surface area contributed by atoms with Crippen molar-refractivity contribution in [3.63, 3.8) is 0 Å². The Morgan fingerprint density at radius 1 is 0.862 bits per heavy atom. The van der Waals surface area contributed by atoms with E-state index in [1.165, 1.54) is 63.4 Å². The summed E-state index contributed by atoms with van der Waals surface area (Å²) in [7, 11) is 0. The highest BCUT2D eigenvalue weighted by atomic mass is 16.3. The molecule has 1 heterocycles. The minimum atomic E-state index is 0.217. The molecule has 0 aliphatic carbocycles. The molecular weight excluding hydrogens is 358 g/mol. The van der Waals surface area contributed by atoms with Crippen molar-refractivity contribution in [3.05, 3.63) is 48.0 Å². The molecule has 29 heavy (non-hydrogen) atoms. The van der Waals surface area contributed by atoms with Gasteiger partial charge in [-0.25, -0.2) is 0 Å². The highest BCUT2D eigenvalue weighted by molar-refractivity contribution is 5.73. The van der Waals surface area contributed by atoms with Crippen molar-refractivity contribution in [2.24, 2.45) is 5.92 Å². The van der Waals surface area contributed by atoms with Crippen molar-refractivity contribution in [1.82, 2.24) is 15.0 Å². The molecule has 3 aromatic rings. The summed E-state index contributed by atoms with van der Waals surface area (Å²) in [5, 5.41) is 19.4. The van der Waals surface area contributed by atoms with E-state index < -0.39 is 0 Å². The molecule has 156 valence electrons. The number of aromatic hydroxyl groups is 1. The fourth-order valence-electron chi connectivity index (χ4n) is 4.00. The van der Waals surface area contributed by atoms with Gasteiger partial charge < -0.3 is 5.11 Å². The van der Waals surface area contributed by atoms with E-state index in [1.807, 2.05) is 36.4 Å². The van der Waals surface area contributed by atoms with E-state index in [2.05, 4.69) is 24.0 Å². The third-order valence-corrected chi connectivity index (χ3v) is 5.86. The van der Waals surface area contributed by atoms with Crippen LogP contribution in [0.3, 0.4) is 0 Å². The van der Waals surface area contributed by atoms with Crippen LogP contribution < -0.4 is 0 Å². The predicted octanol–water partition coefficient (Wildman–Crippen LogP) is 6.84. The maximum atomic E-state index is 10.4. The van der Waals surface area contributed by atoms with Gasteiger partial charge in [0.05, 0.1) is 0 Å². The molecule has 0 aliphatic rings. The number of benzene rings is 2. The number of rotatable bonds is 12. The Balaban J connectivity index is 1.59. The standard InChI is InChI=1S/C25H35N3O/c1-3-5-6-7-8-9-10-13-20(4-2)18-21-16-17-25(29)24(19-21)28-26-22-14-11-12-15-23(22)27-28/h11-12,14-17,19-20,29H,3-10,13,18H2,1-2H3. The monoisotopic (exact) mass is 393 g/mol. The van der Waals surface area contributed by atoms with Crippen LogP contribution in [0.5, 0.6) is 5.75 Å². The minimum Gasteiger partial charge on any atom is -0.506 e. The quantitative estimate of drug-likeness (QED) is 0.343. The van der Waals surface area contributed by atoms with E-state index in [9.17, 15) is 5.11 Å².